The standard InChI is InChI=1S/C13H25NO9.C8H16N4O6/c1-5-13(20,4-16)10(11(19)21-5)23-12-7(14-2)9(18)8(17)6(3-15)22-12;9-7(10)12-1-2(13)4(15)5(16)6(3(1)14)18-8(11)17/h5-12,14-20H,3-4H2,1-2H3;1-6,13-16H,(H2,11,17)(H4,9,10,12). The highest BCUT2D eigenvalue weighted by Gasteiger charge is 2.57. The van der Waals surface area contributed by atoms with Crippen LogP contribution in [0.3, 0.4) is 0 Å². The molecule has 0 radical (unpaired) electrons. The minimum absolute atomic E-state index is 0.445. The summed E-state index contributed by atoms with van der Waals surface area (Å²) in [7, 11) is 1.50. The van der Waals surface area contributed by atoms with Crippen LogP contribution in [0.4, 0.5) is 4.79 Å². The molecule has 3 fully saturated rings. The van der Waals surface area contributed by atoms with E-state index in [4.69, 9.17) is 31.4 Å². The Kier molecular flexibility index (Phi) is 12.4. The summed E-state index contributed by atoms with van der Waals surface area (Å²) in [6.07, 6.45) is -18.2. The molecule has 1 aliphatic carbocycles. The van der Waals surface area contributed by atoms with Gasteiger partial charge in [0.25, 0.3) is 0 Å². The van der Waals surface area contributed by atoms with E-state index in [0.717, 1.165) is 0 Å². The van der Waals surface area contributed by atoms with E-state index in [9.17, 15) is 55.9 Å². The van der Waals surface area contributed by atoms with E-state index < -0.39 is 117 Å². The molecule has 2 saturated heterocycles. The van der Waals surface area contributed by atoms with Crippen LogP contribution in [0.25, 0.3) is 0 Å². The summed E-state index contributed by atoms with van der Waals surface area (Å²) >= 11 is 0. The molecule has 1 saturated carbocycles. The van der Waals surface area contributed by atoms with Crippen molar-refractivity contribution in [1.29, 1.82) is 0 Å². The number of aliphatic hydroxyl groups is 10. The molecule has 1 amide bonds. The van der Waals surface area contributed by atoms with E-state index in [1.165, 1.54) is 14.0 Å². The molecule has 41 heavy (non-hydrogen) atoms. The zero-order valence-corrected chi connectivity index (χ0v) is 22.2. The summed E-state index contributed by atoms with van der Waals surface area (Å²) in [6.45, 7) is 0.190. The van der Waals surface area contributed by atoms with Gasteiger partial charge >= 0.3 is 6.09 Å². The quantitative estimate of drug-likeness (QED) is 0.0948. The lowest BCUT2D eigenvalue weighted by atomic mass is 9.83. The van der Waals surface area contributed by atoms with Gasteiger partial charge in [-0.1, -0.05) is 0 Å². The van der Waals surface area contributed by atoms with Crippen molar-refractivity contribution in [3.8, 4) is 0 Å². The van der Waals surface area contributed by atoms with Crippen LogP contribution in [-0.2, 0) is 18.9 Å². The maximum atomic E-state index is 10.6. The first-order chi connectivity index (χ1) is 19.0. The Morgan fingerprint density at radius 3 is 2.02 bits per heavy atom. The fourth-order valence-electron chi connectivity index (χ4n) is 4.73. The number of ether oxygens (including phenoxy) is 4. The lowest BCUT2D eigenvalue weighted by Gasteiger charge is -2.44. The molecule has 15 atom stereocenters. The lowest BCUT2D eigenvalue weighted by Crippen LogP contribution is -2.65. The third kappa shape index (κ3) is 7.50. The number of carbonyl (C=O) groups excluding carboxylic acids is 1. The van der Waals surface area contributed by atoms with Crippen LogP contribution in [0.5, 0.6) is 0 Å². The number of nitrogens with one attached hydrogen (secondary N) is 1. The monoisotopic (exact) mass is 603 g/mol. The molecular weight excluding hydrogens is 562 g/mol. The highest BCUT2D eigenvalue weighted by atomic mass is 16.7. The average molecular weight is 604 g/mol. The highest BCUT2D eigenvalue weighted by Crippen LogP contribution is 2.35. The summed E-state index contributed by atoms with van der Waals surface area (Å²) in [4.78, 5) is 14.1. The number of nitrogens with two attached hydrogens (primary N) is 3. The molecule has 0 aromatic heterocycles. The minimum atomic E-state index is -1.86. The summed E-state index contributed by atoms with van der Waals surface area (Å²) in [5.41, 5.74) is 13.1. The second kappa shape index (κ2) is 14.4. The number of hydrogen-bond donors (Lipinski definition) is 14. The maximum Gasteiger partial charge on any atom is 0.404 e. The number of carbonyl (C=O) groups is 1. The predicted octanol–water partition coefficient (Wildman–Crippen LogP) is -8.59. The molecule has 20 heteroatoms. The van der Waals surface area contributed by atoms with Crippen molar-refractivity contribution < 1.29 is 74.8 Å². The SMILES string of the molecule is CNC1C(OC2C(O)OC(C)C2(O)CO)OC(CO)C(O)C1O.NC(=O)OC1C(O)C(O)C(O)C(N=C(N)N)C1O. The molecule has 0 spiro atoms. The summed E-state index contributed by atoms with van der Waals surface area (Å²) < 4.78 is 20.5. The molecule has 0 bridgehead atoms. The molecule has 2 aliphatic heterocycles. The van der Waals surface area contributed by atoms with Gasteiger partial charge in [-0.15, -0.1) is 0 Å². The largest absolute Gasteiger partial charge is 0.441 e. The number of hydrogen-bond acceptors (Lipinski definition) is 17. The van der Waals surface area contributed by atoms with E-state index in [1.807, 2.05) is 0 Å². The van der Waals surface area contributed by atoms with Gasteiger partial charge in [0, 0.05) is 0 Å². The lowest BCUT2D eigenvalue weighted by molar-refractivity contribution is -0.306. The Morgan fingerprint density at radius 1 is 0.927 bits per heavy atom. The van der Waals surface area contributed by atoms with Gasteiger partial charge in [0.1, 0.15) is 60.5 Å². The first-order valence-corrected chi connectivity index (χ1v) is 12.4. The number of likely N-dealkylation sites (N-methyl/N-ethyl adjacent to an activating group) is 1. The second-order valence-corrected chi connectivity index (χ2v) is 9.80. The van der Waals surface area contributed by atoms with Gasteiger partial charge in [-0.25, -0.2) is 9.79 Å². The molecule has 17 N–H and O–H groups in total. The van der Waals surface area contributed by atoms with Gasteiger partial charge in [-0.2, -0.15) is 0 Å². The Balaban J connectivity index is 0.000000296. The van der Waals surface area contributed by atoms with Crippen LogP contribution in [0.1, 0.15) is 6.92 Å². The molecule has 0 aromatic rings. The number of aliphatic imine (C=N–C) groups is 1. The van der Waals surface area contributed by atoms with E-state index in [1.54, 1.807) is 0 Å². The first-order valence-electron chi connectivity index (χ1n) is 12.4. The molecule has 3 rings (SSSR count). The van der Waals surface area contributed by atoms with Crippen molar-refractivity contribution in [2.75, 3.05) is 20.3 Å². The summed E-state index contributed by atoms with van der Waals surface area (Å²) in [6, 6.07) is -2.24. The van der Waals surface area contributed by atoms with Crippen molar-refractivity contribution in [2.45, 2.75) is 98.2 Å². The fourth-order valence-corrected chi connectivity index (χ4v) is 4.73. The molecule has 20 nitrogen and oxygen atoms in total. The number of aliphatic hydroxyl groups excluding tert-OH is 9. The number of guanidine groups is 1. The first kappa shape index (κ1) is 35.2. The van der Waals surface area contributed by atoms with Gasteiger partial charge in [0.05, 0.1) is 25.4 Å². The van der Waals surface area contributed by atoms with E-state index in [-0.39, 0.29) is 0 Å². The smallest absolute Gasteiger partial charge is 0.404 e. The topological polar surface area (TPSA) is 359 Å². The van der Waals surface area contributed by atoms with Gasteiger partial charge < -0.3 is 92.5 Å². The third-order valence-corrected chi connectivity index (χ3v) is 7.17. The molecule has 240 valence electrons. The van der Waals surface area contributed by atoms with Crippen molar-refractivity contribution in [1.82, 2.24) is 5.32 Å². The van der Waals surface area contributed by atoms with Crippen molar-refractivity contribution in [2.24, 2.45) is 22.2 Å². The van der Waals surface area contributed by atoms with Gasteiger partial charge in [-0.3, -0.25) is 0 Å². The minimum Gasteiger partial charge on any atom is -0.441 e. The normalized spacial score (nSPS) is 46.2. The van der Waals surface area contributed by atoms with Crippen LogP contribution < -0.4 is 22.5 Å². The van der Waals surface area contributed by atoms with Crippen molar-refractivity contribution >= 4 is 12.1 Å². The Morgan fingerprint density at radius 2 is 1.54 bits per heavy atom. The molecule has 2 heterocycles. The van der Waals surface area contributed by atoms with Crippen LogP contribution in [0.15, 0.2) is 4.99 Å². The summed E-state index contributed by atoms with van der Waals surface area (Å²) in [5.74, 6) is -0.445. The zero-order valence-electron chi connectivity index (χ0n) is 22.2. The highest BCUT2D eigenvalue weighted by molar-refractivity contribution is 5.76. The van der Waals surface area contributed by atoms with Crippen molar-refractivity contribution in [3.63, 3.8) is 0 Å². The fraction of sp³-hybridized carbons (Fsp3) is 0.905. The van der Waals surface area contributed by atoms with Gasteiger partial charge in [0.15, 0.2) is 24.6 Å². The molecule has 3 aliphatic rings. The average Bonchev–Trinajstić information content (AvgIpc) is 3.13. The number of amides is 1. The third-order valence-electron chi connectivity index (χ3n) is 7.17. The second-order valence-electron chi connectivity index (χ2n) is 9.80. The van der Waals surface area contributed by atoms with E-state index in [2.05, 4.69) is 15.0 Å². The Bertz CT molecular complexity index is 886. The van der Waals surface area contributed by atoms with Crippen LogP contribution in [0, 0.1) is 0 Å². The number of nitrogens with zero attached hydrogens (tertiary/aromatic N) is 1. The number of rotatable bonds is 7. The zero-order chi connectivity index (χ0) is 31.4. The predicted molar refractivity (Wildman–Crippen MR) is 132 cm³/mol. The maximum absolute atomic E-state index is 10.6. The summed E-state index contributed by atoms with van der Waals surface area (Å²) in [5, 5.41) is 100. The van der Waals surface area contributed by atoms with Gasteiger partial charge in [-0.05, 0) is 14.0 Å². The van der Waals surface area contributed by atoms with Crippen molar-refractivity contribution in [3.05, 3.63) is 0 Å². The Labute approximate surface area is 233 Å². The molecule has 15 unspecified atom stereocenters. The number of primary amides is 1. The van der Waals surface area contributed by atoms with Crippen LogP contribution >= 0.6 is 0 Å². The van der Waals surface area contributed by atoms with Gasteiger partial charge in [0.2, 0.25) is 0 Å². The van der Waals surface area contributed by atoms with Crippen LogP contribution in [0.2, 0.25) is 0 Å². The van der Waals surface area contributed by atoms with Crippen LogP contribution in [-0.4, -0.2) is 175 Å². The molecule has 0 aromatic carbocycles. The van der Waals surface area contributed by atoms with E-state index >= 15 is 0 Å². The Hall–Kier alpha value is -2.02. The molecular formula is C21H41N5O15. The van der Waals surface area contributed by atoms with E-state index in [0.29, 0.717) is 0 Å².